The minimum atomic E-state index is -1.91. The summed E-state index contributed by atoms with van der Waals surface area (Å²) in [6.07, 6.45) is 5.15. The van der Waals surface area contributed by atoms with Gasteiger partial charge in [-0.1, -0.05) is 124 Å². The van der Waals surface area contributed by atoms with Gasteiger partial charge in [0.25, 0.3) is 0 Å². The molecule has 1 unspecified atom stereocenters. The second-order valence-corrected chi connectivity index (χ2v) is 29.8. The van der Waals surface area contributed by atoms with Crippen molar-refractivity contribution in [2.45, 2.75) is 185 Å². The molecule has 5 aromatic carbocycles. The molecule has 1 aliphatic heterocycles. The fraction of sp³-hybridized carbons (Fsp3) is 0.425. The Morgan fingerprint density at radius 3 is 1.45 bits per heavy atom. The Hall–Kier alpha value is -11.0. The summed E-state index contributed by atoms with van der Waals surface area (Å²) in [5.74, 6) is -8.81. The molecular weight excluding hydrogens is 1480 g/mol. The lowest BCUT2D eigenvalue weighted by Gasteiger charge is -2.27. The van der Waals surface area contributed by atoms with Gasteiger partial charge in [0, 0.05) is 89.1 Å². The Balaban J connectivity index is 1.33. The van der Waals surface area contributed by atoms with Crippen LogP contribution < -0.4 is 5.32 Å². The number of pyridine rings is 1. The van der Waals surface area contributed by atoms with Crippen molar-refractivity contribution in [3.05, 3.63) is 173 Å². The minimum absolute atomic E-state index is 0.0210. The highest BCUT2D eigenvalue weighted by Gasteiger charge is 2.38. The summed E-state index contributed by atoms with van der Waals surface area (Å²) in [5.41, 5.74) is 3.39. The topological polar surface area (TPSA) is 485 Å². The van der Waals surface area contributed by atoms with Gasteiger partial charge in [-0.25, -0.2) is 54.9 Å². The van der Waals surface area contributed by atoms with E-state index in [1.807, 2.05) is 70.2 Å². The number of amides is 1. The lowest BCUT2D eigenvalue weighted by atomic mass is 10.0. The van der Waals surface area contributed by atoms with Crippen LogP contribution >= 0.6 is 11.6 Å². The van der Waals surface area contributed by atoms with Gasteiger partial charge >= 0.3 is 0 Å². The first-order valence-corrected chi connectivity index (χ1v) is 38.7. The lowest BCUT2D eigenvalue weighted by Crippen LogP contribution is -2.46. The molecule has 30 nitrogen and oxygen atoms in total. The zero-order chi connectivity index (χ0) is 81.7. The summed E-state index contributed by atoms with van der Waals surface area (Å²) in [7, 11) is -1.91. The molecule has 600 valence electrons. The first kappa shape index (κ1) is 88.2. The molecular formula is C80H102ClN15O15S. The second-order valence-electron chi connectivity index (χ2n) is 27.9. The van der Waals surface area contributed by atoms with E-state index >= 15 is 0 Å². The van der Waals surface area contributed by atoms with Crippen LogP contribution in [0.3, 0.4) is 0 Å². The molecule has 112 heavy (non-hydrogen) atoms. The third kappa shape index (κ3) is 28.4. The van der Waals surface area contributed by atoms with E-state index in [2.05, 4.69) is 65.2 Å². The summed E-state index contributed by atoms with van der Waals surface area (Å²) < 4.78 is 12.4. The van der Waals surface area contributed by atoms with Gasteiger partial charge in [0.1, 0.15) is 48.3 Å². The molecule has 0 spiro atoms. The molecule has 1 aliphatic rings. The number of nitrogens with one attached hydrogen (secondary N) is 2. The number of carbonyl (C=O) groups excluding carboxylic acids is 1. The van der Waals surface area contributed by atoms with E-state index in [1.54, 1.807) is 84.9 Å². The highest BCUT2D eigenvalue weighted by Crippen LogP contribution is 2.27. The van der Waals surface area contributed by atoms with Crippen LogP contribution in [0.1, 0.15) is 115 Å². The maximum atomic E-state index is 14.8. The number of halogens is 1. The SMILES string of the molecule is CC(O)=Nc1ccc(C[C@H](N=C(O)[C@H](CO)N=C(O)[C@@H](Cc2cccnc2)N=C(O)[C@@H](Cc2ccc(Cl)cc2)N=C(O)[C@@H](Cc2ccc3ccccc3c2)N=C(C)O)C(O)=N[C@H](Cc2ccc(N=C(C)O)cc2)C(O)=N[C@@H](CC(C)C)C(O)=N[C@@H](CCCCNC(C)C)C(=O)N2CCC[C@H]2C(O)=N[C@H](C(=N)O)S(C)=O)cc1. The van der Waals surface area contributed by atoms with Crippen molar-refractivity contribution in [3.8, 4) is 0 Å². The fourth-order valence-electron chi connectivity index (χ4n) is 12.3. The van der Waals surface area contributed by atoms with Crippen LogP contribution in [0.25, 0.3) is 10.8 Å². The predicted octanol–water partition coefficient (Wildman–Crippen LogP) is 12.6. The first-order valence-electron chi connectivity index (χ1n) is 36.7. The van der Waals surface area contributed by atoms with Crippen LogP contribution in [0.15, 0.2) is 195 Å². The lowest BCUT2D eigenvalue weighted by molar-refractivity contribution is -0.132. The average Bonchev–Trinajstić information content (AvgIpc) is 1.84. The molecule has 0 radical (unpaired) electrons. The molecule has 7 rings (SSSR count). The Bertz CT molecular complexity index is 4470. The summed E-state index contributed by atoms with van der Waals surface area (Å²) in [6.45, 7) is 11.4. The van der Waals surface area contributed by atoms with Crippen LogP contribution in [0, 0.1) is 11.3 Å². The number of carbonyl (C=O) groups is 1. The molecule has 1 amide bonds. The molecule has 6 aromatic rings. The Morgan fingerprint density at radius 1 is 0.536 bits per heavy atom. The van der Waals surface area contributed by atoms with Gasteiger partial charge in [-0.15, -0.1) is 0 Å². The summed E-state index contributed by atoms with van der Waals surface area (Å²) in [6, 6.07) is 23.2. The standard InChI is InChI=1S/C80H102ClN15O15S/c1-46(2)37-62(71(102)88-61(18-11-12-35-84-47(3)4)80(110)96-36-14-19-69(96)78(109)95-79(70(82)101)112(8)111)89-73(104)65(40-52-23-30-59(31-24-52)85-48(5)98)91-75(106)66(41-53-25-32-60(33-26-53)86-49(6)99)93-77(108)68(45-97)94-76(107)67(43-55-15-13-34-83-44-55)92-74(105)64(39-51-21-28-58(81)29-22-51)90-72(103)63(87-50(7)100)42-54-20-27-56-16-9-10-17-57(56)38-54/h9-10,13,15-17,20-34,38,44,46-47,61-69,79,84,97H,11-12,14,18-19,35-37,39-43,45H2,1-8H3,(H2,82,101)(H,85,98)(H,86,99)(H,87,100)(H,88,102)(H,89,104)(H,90,103)(H,91,106)(H,92,105)(H,93,108)(H,94,107)(H,95,109)/t61-,62-,63+,64+,65+,66-,67+,68-,69-,79-,112?/m0/s1. The summed E-state index contributed by atoms with van der Waals surface area (Å²) in [4.78, 5) is 68.6. The minimum Gasteiger partial charge on any atom is -0.497 e. The van der Waals surface area contributed by atoms with Crippen molar-refractivity contribution < 1.29 is 75.4 Å². The number of hydrogen-bond donors (Lipinski definition) is 15. The molecule has 11 atom stereocenters. The van der Waals surface area contributed by atoms with Crippen LogP contribution in [-0.4, -0.2) is 249 Å². The normalized spacial score (nSPS) is 17.8. The van der Waals surface area contributed by atoms with Gasteiger partial charge in [0.05, 0.1) is 28.8 Å². The van der Waals surface area contributed by atoms with E-state index in [1.165, 1.54) is 44.3 Å². The molecule has 0 saturated carbocycles. The number of hydrogen-bond acceptors (Lipinski definition) is 17. The third-order valence-electron chi connectivity index (χ3n) is 17.7. The van der Waals surface area contributed by atoms with Gasteiger partial charge < -0.3 is 76.6 Å². The molecule has 1 aromatic heterocycles. The average molecular weight is 1580 g/mol. The zero-order valence-electron chi connectivity index (χ0n) is 63.8. The van der Waals surface area contributed by atoms with Crippen molar-refractivity contribution in [2.24, 2.45) is 60.8 Å². The monoisotopic (exact) mass is 1580 g/mol. The van der Waals surface area contributed by atoms with Gasteiger partial charge in [0.2, 0.25) is 64.4 Å². The van der Waals surface area contributed by atoms with Crippen molar-refractivity contribution in [1.29, 1.82) is 5.41 Å². The predicted molar refractivity (Wildman–Crippen MR) is 445 cm³/mol. The van der Waals surface area contributed by atoms with E-state index in [9.17, 15) is 75.4 Å². The smallest absolute Gasteiger partial charge is 0.248 e. The summed E-state index contributed by atoms with van der Waals surface area (Å²) in [5, 5.41) is 160. The molecule has 2 heterocycles. The van der Waals surface area contributed by atoms with Crippen LogP contribution in [0.2, 0.25) is 5.02 Å². The van der Waals surface area contributed by atoms with Crippen molar-refractivity contribution in [2.75, 3.05) is 26.0 Å². The Labute approximate surface area is 658 Å². The highest BCUT2D eigenvalue weighted by atomic mass is 35.5. The fourth-order valence-corrected chi connectivity index (χ4v) is 13.0. The number of nitrogens with zero attached hydrogens (tertiary/aromatic N) is 13. The van der Waals surface area contributed by atoms with E-state index < -0.39 is 136 Å². The molecule has 1 fully saturated rings. The van der Waals surface area contributed by atoms with E-state index in [-0.39, 0.29) is 87.6 Å². The van der Waals surface area contributed by atoms with Gasteiger partial charge in [0.15, 0.2) is 23.7 Å². The number of benzene rings is 5. The van der Waals surface area contributed by atoms with Crippen LogP contribution in [0.5, 0.6) is 0 Å². The first-order chi connectivity index (χ1) is 53.3. The molecule has 1 saturated heterocycles. The number of aliphatic hydroxyl groups excluding tert-OH is 13. The van der Waals surface area contributed by atoms with E-state index in [4.69, 9.17) is 17.0 Å². The molecule has 32 heteroatoms. The van der Waals surface area contributed by atoms with Gasteiger partial charge in [-0.05, 0) is 132 Å². The molecule has 0 aliphatic carbocycles. The van der Waals surface area contributed by atoms with Crippen molar-refractivity contribution in [3.63, 3.8) is 0 Å². The molecule has 15 N–H and O–H groups in total. The third-order valence-corrected chi connectivity index (χ3v) is 18.9. The number of rotatable bonds is 41. The van der Waals surface area contributed by atoms with Gasteiger partial charge in [-0.2, -0.15) is 0 Å². The quantitative estimate of drug-likeness (QED) is 0.00963. The Kier molecular flexibility index (Phi) is 34.3. The van der Waals surface area contributed by atoms with E-state index in [0.717, 1.165) is 16.3 Å². The van der Waals surface area contributed by atoms with Crippen molar-refractivity contribution in [1.82, 2.24) is 15.2 Å². The maximum absolute atomic E-state index is 14.8. The Morgan fingerprint density at radius 2 is 0.982 bits per heavy atom. The highest BCUT2D eigenvalue weighted by molar-refractivity contribution is 7.85. The number of fused-ring (bicyclic) bond motifs is 1. The number of aliphatic hydroxyl groups is 13. The molecule has 0 bridgehead atoms. The number of aromatic nitrogens is 1. The largest absolute Gasteiger partial charge is 0.497 e. The maximum Gasteiger partial charge on any atom is 0.248 e. The van der Waals surface area contributed by atoms with E-state index in [0.29, 0.717) is 64.5 Å². The van der Waals surface area contributed by atoms with Gasteiger partial charge in [-0.3, -0.25) is 19.4 Å². The second kappa shape index (κ2) is 43.5. The summed E-state index contributed by atoms with van der Waals surface area (Å²) >= 11 is 6.28. The van der Waals surface area contributed by atoms with Crippen LogP contribution in [-0.2, 0) is 47.7 Å². The van der Waals surface area contributed by atoms with Crippen LogP contribution in [0.4, 0.5) is 11.4 Å². The van der Waals surface area contributed by atoms with Crippen molar-refractivity contribution >= 4 is 121 Å². The zero-order valence-corrected chi connectivity index (χ0v) is 65.4. The number of aliphatic imine (C=N–C) groups is 11. The number of unbranched alkanes of at least 4 members (excludes halogenated alkanes) is 1. The number of likely N-dealkylation sites (tertiary alicyclic amines) is 1.